The lowest BCUT2D eigenvalue weighted by Crippen LogP contribution is -2.15. The van der Waals surface area contributed by atoms with Gasteiger partial charge in [-0.05, 0) is 30.3 Å². The largest absolute Gasteiger partial charge is 0.496 e. The van der Waals surface area contributed by atoms with Crippen LogP contribution >= 0.6 is 0 Å². The molecular formula is C17H14FNO4. The highest BCUT2D eigenvalue weighted by Crippen LogP contribution is 2.20. The molecule has 0 fully saturated rings. The second-order valence-corrected chi connectivity index (χ2v) is 4.51. The van der Waals surface area contributed by atoms with Gasteiger partial charge in [-0.15, -0.1) is 0 Å². The van der Waals surface area contributed by atoms with E-state index in [1.165, 1.54) is 25.3 Å². The maximum absolute atomic E-state index is 13.2. The zero-order valence-corrected chi connectivity index (χ0v) is 12.4. The van der Waals surface area contributed by atoms with Crippen molar-refractivity contribution < 1.29 is 23.4 Å². The summed E-state index contributed by atoms with van der Waals surface area (Å²) in [5.74, 6) is -0.356. The molecule has 0 bridgehead atoms. The molecule has 118 valence electrons. The molecule has 5 nitrogen and oxygen atoms in total. The summed E-state index contributed by atoms with van der Waals surface area (Å²) in [6.45, 7) is -0.487. The van der Waals surface area contributed by atoms with Gasteiger partial charge in [0.15, 0.2) is 6.61 Å². The van der Waals surface area contributed by atoms with Gasteiger partial charge in [0.25, 0.3) is 0 Å². The van der Waals surface area contributed by atoms with Gasteiger partial charge in [-0.25, -0.2) is 9.18 Å². The van der Waals surface area contributed by atoms with Crippen LogP contribution in [0.1, 0.15) is 11.1 Å². The predicted octanol–water partition coefficient (Wildman–Crippen LogP) is 2.83. The van der Waals surface area contributed by atoms with Gasteiger partial charge in [0.05, 0.1) is 12.7 Å². The molecule has 0 aliphatic carbocycles. The lowest BCUT2D eigenvalue weighted by Gasteiger charge is -2.10. The summed E-state index contributed by atoms with van der Waals surface area (Å²) in [7, 11) is 1.44. The summed E-state index contributed by atoms with van der Waals surface area (Å²) in [5.41, 5.74) is 0.741. The minimum absolute atomic E-state index is 0.136. The van der Waals surface area contributed by atoms with Crippen LogP contribution in [0.2, 0.25) is 0 Å². The number of nitrogens with zero attached hydrogens (tertiary/aromatic N) is 1. The Labute approximate surface area is 132 Å². The van der Waals surface area contributed by atoms with Crippen LogP contribution in [0.25, 0.3) is 0 Å². The molecule has 0 unspecified atom stereocenters. The standard InChI is InChI=1S/C17H14FNO4/c1-21-15-7-6-14(18)8-13(15)10-23-17(20)11-22-16-5-3-2-4-12(16)9-19/h2-8H,10-11H2,1H3. The maximum atomic E-state index is 13.2. The molecule has 0 amide bonds. The number of ether oxygens (including phenoxy) is 3. The summed E-state index contributed by atoms with van der Waals surface area (Å²) >= 11 is 0. The molecule has 0 aliphatic heterocycles. The first kappa shape index (κ1) is 16.3. The smallest absolute Gasteiger partial charge is 0.344 e. The summed E-state index contributed by atoms with van der Waals surface area (Å²) < 4.78 is 28.6. The van der Waals surface area contributed by atoms with Gasteiger partial charge in [-0.1, -0.05) is 12.1 Å². The number of nitriles is 1. The monoisotopic (exact) mass is 315 g/mol. The highest BCUT2D eigenvalue weighted by molar-refractivity contribution is 5.71. The Morgan fingerprint density at radius 3 is 2.74 bits per heavy atom. The van der Waals surface area contributed by atoms with Crippen LogP contribution in [0.15, 0.2) is 42.5 Å². The fourth-order valence-corrected chi connectivity index (χ4v) is 1.88. The summed E-state index contributed by atoms with van der Waals surface area (Å²) in [5, 5.41) is 8.92. The van der Waals surface area contributed by atoms with Gasteiger partial charge < -0.3 is 14.2 Å². The van der Waals surface area contributed by atoms with E-state index < -0.39 is 11.8 Å². The number of para-hydroxylation sites is 1. The minimum atomic E-state index is -0.635. The van der Waals surface area contributed by atoms with Gasteiger partial charge >= 0.3 is 5.97 Å². The van der Waals surface area contributed by atoms with Gasteiger partial charge in [0.1, 0.15) is 30.0 Å². The van der Waals surface area contributed by atoms with Crippen LogP contribution in [-0.2, 0) is 16.1 Å². The van der Waals surface area contributed by atoms with Crippen molar-refractivity contribution in [1.29, 1.82) is 5.26 Å². The first-order valence-corrected chi connectivity index (χ1v) is 6.74. The summed E-state index contributed by atoms with van der Waals surface area (Å²) in [6, 6.07) is 12.5. The Kier molecular flexibility index (Phi) is 5.53. The Balaban J connectivity index is 1.91. The van der Waals surface area contributed by atoms with E-state index >= 15 is 0 Å². The molecule has 0 saturated carbocycles. The number of esters is 1. The molecule has 6 heteroatoms. The number of halogens is 1. The summed E-state index contributed by atoms with van der Waals surface area (Å²) in [6.07, 6.45) is 0. The number of carbonyl (C=O) groups excluding carboxylic acids is 1. The van der Waals surface area contributed by atoms with E-state index in [4.69, 9.17) is 19.5 Å². The maximum Gasteiger partial charge on any atom is 0.344 e. The van der Waals surface area contributed by atoms with E-state index in [1.54, 1.807) is 24.3 Å². The molecule has 0 atom stereocenters. The van der Waals surface area contributed by atoms with Crippen molar-refractivity contribution >= 4 is 5.97 Å². The van der Waals surface area contributed by atoms with Crippen molar-refractivity contribution in [2.45, 2.75) is 6.61 Å². The van der Waals surface area contributed by atoms with Crippen molar-refractivity contribution in [1.82, 2.24) is 0 Å². The zero-order chi connectivity index (χ0) is 16.7. The van der Waals surface area contributed by atoms with Crippen LogP contribution in [0, 0.1) is 17.1 Å². The lowest BCUT2D eigenvalue weighted by molar-refractivity contribution is -0.147. The quantitative estimate of drug-likeness (QED) is 0.767. The summed E-state index contributed by atoms with van der Waals surface area (Å²) in [4.78, 5) is 11.7. The van der Waals surface area contributed by atoms with Gasteiger partial charge in [-0.3, -0.25) is 0 Å². The second-order valence-electron chi connectivity index (χ2n) is 4.51. The molecule has 2 aromatic rings. The Morgan fingerprint density at radius 1 is 1.22 bits per heavy atom. The van der Waals surface area contributed by atoms with Crippen LogP contribution in [0.4, 0.5) is 4.39 Å². The third-order valence-electron chi connectivity index (χ3n) is 2.98. The van der Waals surface area contributed by atoms with Gasteiger partial charge in [0, 0.05) is 5.56 Å². The molecule has 0 saturated heterocycles. The molecule has 0 spiro atoms. The number of hydrogen-bond acceptors (Lipinski definition) is 5. The Hall–Kier alpha value is -3.07. The molecular weight excluding hydrogens is 301 g/mol. The number of hydrogen-bond donors (Lipinski definition) is 0. The highest BCUT2D eigenvalue weighted by Gasteiger charge is 2.10. The predicted molar refractivity (Wildman–Crippen MR) is 79.4 cm³/mol. The molecule has 0 aromatic heterocycles. The first-order valence-electron chi connectivity index (χ1n) is 6.74. The van der Waals surface area contributed by atoms with Crippen molar-refractivity contribution in [3.05, 3.63) is 59.4 Å². The number of benzene rings is 2. The normalized spacial score (nSPS) is 9.78. The lowest BCUT2D eigenvalue weighted by atomic mass is 10.2. The van der Waals surface area contributed by atoms with E-state index in [9.17, 15) is 9.18 Å². The average Bonchev–Trinajstić information content (AvgIpc) is 2.58. The Morgan fingerprint density at radius 2 is 2.00 bits per heavy atom. The van der Waals surface area contributed by atoms with E-state index in [0.29, 0.717) is 22.6 Å². The van der Waals surface area contributed by atoms with E-state index in [-0.39, 0.29) is 13.2 Å². The number of carbonyl (C=O) groups is 1. The average molecular weight is 315 g/mol. The minimum Gasteiger partial charge on any atom is -0.496 e. The van der Waals surface area contributed by atoms with Crippen molar-refractivity contribution in [3.63, 3.8) is 0 Å². The highest BCUT2D eigenvalue weighted by atomic mass is 19.1. The molecule has 0 aliphatic rings. The van der Waals surface area contributed by atoms with Crippen LogP contribution in [0.3, 0.4) is 0 Å². The third kappa shape index (κ3) is 4.45. The molecule has 2 aromatic carbocycles. The van der Waals surface area contributed by atoms with Gasteiger partial charge in [-0.2, -0.15) is 5.26 Å². The van der Waals surface area contributed by atoms with E-state index in [2.05, 4.69) is 0 Å². The number of rotatable bonds is 6. The molecule has 0 heterocycles. The van der Waals surface area contributed by atoms with Crippen LogP contribution < -0.4 is 9.47 Å². The molecule has 0 N–H and O–H groups in total. The topological polar surface area (TPSA) is 68.6 Å². The van der Waals surface area contributed by atoms with E-state index in [0.717, 1.165) is 0 Å². The van der Waals surface area contributed by atoms with Crippen molar-refractivity contribution in [2.75, 3.05) is 13.7 Å². The molecule has 23 heavy (non-hydrogen) atoms. The van der Waals surface area contributed by atoms with Crippen LogP contribution in [0.5, 0.6) is 11.5 Å². The Bertz CT molecular complexity index is 740. The van der Waals surface area contributed by atoms with Gasteiger partial charge in [0.2, 0.25) is 0 Å². The van der Waals surface area contributed by atoms with Crippen molar-refractivity contribution in [2.24, 2.45) is 0 Å². The second kappa shape index (κ2) is 7.80. The number of methoxy groups -OCH3 is 1. The molecule has 0 radical (unpaired) electrons. The van der Waals surface area contributed by atoms with E-state index in [1.807, 2.05) is 6.07 Å². The fourth-order valence-electron chi connectivity index (χ4n) is 1.88. The third-order valence-corrected chi connectivity index (χ3v) is 2.98. The van der Waals surface area contributed by atoms with Crippen molar-refractivity contribution in [3.8, 4) is 17.6 Å². The SMILES string of the molecule is COc1ccc(F)cc1COC(=O)COc1ccccc1C#N. The zero-order valence-electron chi connectivity index (χ0n) is 12.4. The van der Waals surface area contributed by atoms with Crippen LogP contribution in [-0.4, -0.2) is 19.7 Å². The molecule has 2 rings (SSSR count). The fraction of sp³-hybridized carbons (Fsp3) is 0.176. The first-order chi connectivity index (χ1) is 11.1.